The second-order valence-electron chi connectivity index (χ2n) is 8.92. The lowest BCUT2D eigenvalue weighted by atomic mass is 9.94. The quantitative estimate of drug-likeness (QED) is 0.564. The van der Waals surface area contributed by atoms with Crippen molar-refractivity contribution in [2.24, 2.45) is 5.92 Å². The molecule has 2 aromatic carbocycles. The first kappa shape index (κ1) is 25.9. The van der Waals surface area contributed by atoms with Gasteiger partial charge in [-0.25, -0.2) is 8.42 Å². The molecule has 10 heteroatoms. The number of sulfonamides is 1. The molecule has 1 aliphatic heterocycles. The molecule has 1 heterocycles. The van der Waals surface area contributed by atoms with E-state index in [4.69, 9.17) is 0 Å². The van der Waals surface area contributed by atoms with E-state index in [0.29, 0.717) is 23.5 Å². The van der Waals surface area contributed by atoms with Crippen LogP contribution in [0.3, 0.4) is 0 Å². The highest BCUT2D eigenvalue weighted by Gasteiger charge is 2.51. The Morgan fingerprint density at radius 2 is 1.70 bits per heavy atom. The van der Waals surface area contributed by atoms with Crippen molar-refractivity contribution in [1.82, 2.24) is 4.31 Å². The van der Waals surface area contributed by atoms with Crippen LogP contribution in [0.15, 0.2) is 58.3 Å². The van der Waals surface area contributed by atoms with Crippen LogP contribution < -0.4 is 4.90 Å². The molecule has 182 valence electrons. The molecule has 1 N–H and O–H groups in total. The fourth-order valence-corrected chi connectivity index (χ4v) is 6.14. The molecule has 0 aliphatic carbocycles. The molecule has 2 aromatic rings. The molecule has 0 aromatic heterocycles. The number of anilines is 1. The zero-order valence-electron chi connectivity index (χ0n) is 18.7. The third-order valence-corrected chi connectivity index (χ3v) is 8.45. The number of nitrogens with zero attached hydrogens (tertiary/aromatic N) is 2. The summed E-state index contributed by atoms with van der Waals surface area (Å²) in [7, 11) is -3.74. The summed E-state index contributed by atoms with van der Waals surface area (Å²) in [5.74, 6) is 0.280. The van der Waals surface area contributed by atoms with Gasteiger partial charge < -0.3 is 10.0 Å². The molecule has 0 unspecified atom stereocenters. The normalized spacial score (nSPS) is 20.2. The van der Waals surface area contributed by atoms with Gasteiger partial charge in [0.25, 0.3) is 0 Å². The summed E-state index contributed by atoms with van der Waals surface area (Å²) in [5, 5.41) is 9.93. The van der Waals surface area contributed by atoms with E-state index in [1.165, 1.54) is 22.5 Å². The standard InChI is InChI=1S/C23H29F3N2O3S2/c1-16(2)14-19-15-27(33(30,31)21-7-5-4-6-20(21)32)12-13-28(19)18-10-8-17(9-11-18)22(3,29)23(24,25)26/h4-11,16,19,29,32H,12-15H2,1-3H3/t19-,22-/m0/s1. The Morgan fingerprint density at radius 3 is 2.24 bits per heavy atom. The van der Waals surface area contributed by atoms with Crippen LogP contribution in [0.5, 0.6) is 0 Å². The van der Waals surface area contributed by atoms with Gasteiger partial charge in [-0.3, -0.25) is 0 Å². The first-order valence-corrected chi connectivity index (χ1v) is 12.6. The number of rotatable bonds is 6. The Kier molecular flexibility index (Phi) is 7.43. The summed E-state index contributed by atoms with van der Waals surface area (Å²) < 4.78 is 67.5. The van der Waals surface area contributed by atoms with Crippen molar-refractivity contribution in [3.63, 3.8) is 0 Å². The highest BCUT2D eigenvalue weighted by atomic mass is 32.2. The number of aliphatic hydroxyl groups is 1. The molecule has 0 radical (unpaired) electrons. The van der Waals surface area contributed by atoms with Crippen LogP contribution in [0.4, 0.5) is 18.9 Å². The van der Waals surface area contributed by atoms with Crippen molar-refractivity contribution in [2.75, 3.05) is 24.5 Å². The van der Waals surface area contributed by atoms with Crippen LogP contribution >= 0.6 is 12.6 Å². The number of benzene rings is 2. The summed E-state index contributed by atoms with van der Waals surface area (Å²) >= 11 is 4.30. The largest absolute Gasteiger partial charge is 0.421 e. The van der Waals surface area contributed by atoms with E-state index in [2.05, 4.69) is 12.6 Å². The van der Waals surface area contributed by atoms with E-state index in [1.807, 2.05) is 18.7 Å². The van der Waals surface area contributed by atoms with Crippen LogP contribution in [0, 0.1) is 5.92 Å². The van der Waals surface area contributed by atoms with Crippen LogP contribution in [0.25, 0.3) is 0 Å². The maximum atomic E-state index is 13.3. The number of alkyl halides is 3. The molecule has 0 spiro atoms. The first-order chi connectivity index (χ1) is 15.2. The highest BCUT2D eigenvalue weighted by Crippen LogP contribution is 2.39. The van der Waals surface area contributed by atoms with Gasteiger partial charge in [0, 0.05) is 36.3 Å². The van der Waals surface area contributed by atoms with E-state index in [-0.39, 0.29) is 35.5 Å². The Morgan fingerprint density at radius 1 is 1.09 bits per heavy atom. The Labute approximate surface area is 198 Å². The van der Waals surface area contributed by atoms with Crippen LogP contribution in [-0.2, 0) is 15.6 Å². The van der Waals surface area contributed by atoms with E-state index >= 15 is 0 Å². The predicted molar refractivity (Wildman–Crippen MR) is 125 cm³/mol. The van der Waals surface area contributed by atoms with Crippen molar-refractivity contribution in [2.45, 2.75) is 54.8 Å². The van der Waals surface area contributed by atoms with Gasteiger partial charge in [0.2, 0.25) is 10.0 Å². The number of piperazine rings is 1. The monoisotopic (exact) mass is 502 g/mol. The van der Waals surface area contributed by atoms with Gasteiger partial charge in [-0.15, -0.1) is 12.6 Å². The van der Waals surface area contributed by atoms with Crippen LogP contribution in [-0.4, -0.2) is 49.7 Å². The van der Waals surface area contributed by atoms with Crippen molar-refractivity contribution >= 4 is 28.3 Å². The minimum absolute atomic E-state index is 0.156. The van der Waals surface area contributed by atoms with Crippen LogP contribution in [0.1, 0.15) is 32.8 Å². The summed E-state index contributed by atoms with van der Waals surface area (Å²) in [6.07, 6.45) is -4.09. The van der Waals surface area contributed by atoms with Gasteiger partial charge in [-0.2, -0.15) is 17.5 Å². The van der Waals surface area contributed by atoms with Gasteiger partial charge in [0.05, 0.1) is 4.90 Å². The molecule has 5 nitrogen and oxygen atoms in total. The van der Waals surface area contributed by atoms with Gasteiger partial charge in [-0.05, 0) is 49.1 Å². The second kappa shape index (κ2) is 9.48. The number of hydrogen-bond acceptors (Lipinski definition) is 5. The van der Waals surface area contributed by atoms with Crippen molar-refractivity contribution in [1.29, 1.82) is 0 Å². The Hall–Kier alpha value is -1.75. The van der Waals surface area contributed by atoms with Gasteiger partial charge in [0.15, 0.2) is 5.60 Å². The average molecular weight is 503 g/mol. The summed E-state index contributed by atoms with van der Waals surface area (Å²) in [5.41, 5.74) is -2.50. The SMILES string of the molecule is CC(C)C[C@H]1CN(S(=O)(=O)c2ccccc2S)CCN1c1ccc([C@](C)(O)C(F)(F)F)cc1. The van der Waals surface area contributed by atoms with E-state index in [0.717, 1.165) is 6.92 Å². The lowest BCUT2D eigenvalue weighted by Crippen LogP contribution is -2.55. The molecule has 2 atom stereocenters. The first-order valence-electron chi connectivity index (χ1n) is 10.7. The summed E-state index contributed by atoms with van der Waals surface area (Å²) in [6, 6.07) is 12.0. The zero-order valence-corrected chi connectivity index (χ0v) is 20.5. The maximum absolute atomic E-state index is 13.3. The molecule has 0 bridgehead atoms. The zero-order chi connectivity index (χ0) is 24.6. The lowest BCUT2D eigenvalue weighted by Gasteiger charge is -2.43. The third kappa shape index (κ3) is 5.34. The Balaban J connectivity index is 1.87. The third-order valence-electron chi connectivity index (χ3n) is 5.99. The Bertz CT molecular complexity index is 1070. The van der Waals surface area contributed by atoms with E-state index < -0.39 is 21.8 Å². The number of halogens is 3. The minimum Gasteiger partial charge on any atom is -0.376 e. The molecular weight excluding hydrogens is 473 g/mol. The van der Waals surface area contributed by atoms with E-state index in [1.54, 1.807) is 30.3 Å². The van der Waals surface area contributed by atoms with Crippen LogP contribution in [0.2, 0.25) is 0 Å². The molecular formula is C23H29F3N2O3S2. The predicted octanol–water partition coefficient (Wildman–Crippen LogP) is 4.67. The molecule has 0 amide bonds. The molecule has 1 aliphatic rings. The number of thiol groups is 1. The second-order valence-corrected chi connectivity index (χ2v) is 11.3. The van der Waals surface area contributed by atoms with Crippen molar-refractivity contribution in [3.05, 3.63) is 54.1 Å². The highest BCUT2D eigenvalue weighted by molar-refractivity contribution is 7.90. The average Bonchev–Trinajstić information content (AvgIpc) is 2.73. The summed E-state index contributed by atoms with van der Waals surface area (Å²) in [6.45, 7) is 5.69. The topological polar surface area (TPSA) is 60.9 Å². The van der Waals surface area contributed by atoms with Crippen molar-refractivity contribution < 1.29 is 26.7 Å². The van der Waals surface area contributed by atoms with Crippen molar-refractivity contribution in [3.8, 4) is 0 Å². The smallest absolute Gasteiger partial charge is 0.376 e. The molecule has 0 saturated carbocycles. The fraction of sp³-hybridized carbons (Fsp3) is 0.478. The lowest BCUT2D eigenvalue weighted by molar-refractivity contribution is -0.258. The maximum Gasteiger partial charge on any atom is 0.421 e. The summed E-state index contributed by atoms with van der Waals surface area (Å²) in [4.78, 5) is 2.57. The van der Waals surface area contributed by atoms with Gasteiger partial charge in [-0.1, -0.05) is 38.1 Å². The number of hydrogen-bond donors (Lipinski definition) is 2. The van der Waals surface area contributed by atoms with Gasteiger partial charge in [0.1, 0.15) is 0 Å². The minimum atomic E-state index is -4.79. The fourth-order valence-electron chi connectivity index (χ4n) is 4.09. The van der Waals surface area contributed by atoms with Gasteiger partial charge >= 0.3 is 6.18 Å². The molecule has 1 fully saturated rings. The molecule has 1 saturated heterocycles. The molecule has 33 heavy (non-hydrogen) atoms. The molecule has 3 rings (SSSR count). The van der Waals surface area contributed by atoms with E-state index in [9.17, 15) is 26.7 Å².